The molecule has 7 heteroatoms. The number of benzene rings is 3. The van der Waals surface area contributed by atoms with E-state index in [1.165, 1.54) is 11.3 Å². The van der Waals surface area contributed by atoms with Gasteiger partial charge in [-0.25, -0.2) is 4.98 Å². The molecule has 0 fully saturated rings. The molecule has 0 radical (unpaired) electrons. The largest absolute Gasteiger partial charge is 0.279 e. The van der Waals surface area contributed by atoms with Crippen molar-refractivity contribution < 1.29 is 4.79 Å². The smallest absolute Gasteiger partial charge is 0.260 e. The zero-order valence-electron chi connectivity index (χ0n) is 14.4. The van der Waals surface area contributed by atoms with Gasteiger partial charge in [0, 0.05) is 20.6 Å². The van der Waals surface area contributed by atoms with Gasteiger partial charge in [0.2, 0.25) is 0 Å². The molecule has 3 aromatic carbocycles. The Kier molecular flexibility index (Phi) is 5.56. The van der Waals surface area contributed by atoms with Crippen LogP contribution >= 0.6 is 46.1 Å². The summed E-state index contributed by atoms with van der Waals surface area (Å²) >= 11 is 19.7. The minimum absolute atomic E-state index is 0.224. The minimum Gasteiger partial charge on any atom is -0.279 e. The molecular weight excluding hydrogens is 435 g/mol. The number of hydrogen-bond donors (Lipinski definition) is 0. The van der Waals surface area contributed by atoms with Crippen molar-refractivity contribution in [1.29, 1.82) is 0 Å². The van der Waals surface area contributed by atoms with E-state index in [9.17, 15) is 4.79 Å². The van der Waals surface area contributed by atoms with Crippen LogP contribution in [0.3, 0.4) is 0 Å². The lowest BCUT2D eigenvalue weighted by atomic mass is 10.1. The first-order chi connectivity index (χ1) is 13.5. The van der Waals surface area contributed by atoms with Crippen molar-refractivity contribution in [2.45, 2.75) is 6.54 Å². The Morgan fingerprint density at radius 1 is 0.893 bits per heavy atom. The second-order valence-electron chi connectivity index (χ2n) is 6.14. The van der Waals surface area contributed by atoms with Gasteiger partial charge in [0.25, 0.3) is 5.91 Å². The number of carbonyl (C=O) groups excluding carboxylic acids is 1. The van der Waals surface area contributed by atoms with Crippen molar-refractivity contribution in [2.24, 2.45) is 0 Å². The molecule has 4 rings (SSSR count). The maximum atomic E-state index is 13.3. The highest BCUT2D eigenvalue weighted by atomic mass is 35.5. The maximum Gasteiger partial charge on any atom is 0.260 e. The Morgan fingerprint density at radius 3 is 2.32 bits per heavy atom. The summed E-state index contributed by atoms with van der Waals surface area (Å²) in [6.45, 7) is 0.372. The predicted octanol–water partition coefficient (Wildman–Crippen LogP) is 7.10. The van der Waals surface area contributed by atoms with Crippen LogP contribution in [0.15, 0.2) is 66.7 Å². The zero-order chi connectivity index (χ0) is 19.7. The number of halogens is 3. The molecule has 1 heterocycles. The normalized spacial score (nSPS) is 11.0. The van der Waals surface area contributed by atoms with Crippen LogP contribution < -0.4 is 4.90 Å². The molecule has 0 aliphatic heterocycles. The number of aromatic nitrogens is 1. The van der Waals surface area contributed by atoms with Gasteiger partial charge in [0.05, 0.1) is 16.8 Å². The van der Waals surface area contributed by atoms with E-state index in [0.29, 0.717) is 32.3 Å². The SMILES string of the molecule is O=C(c1cc(Cl)cc(Cl)c1)N(Cc1ccccc1)c1nc2ccc(Cl)cc2s1. The van der Waals surface area contributed by atoms with Gasteiger partial charge in [0.15, 0.2) is 5.13 Å². The van der Waals surface area contributed by atoms with Gasteiger partial charge in [-0.05, 0) is 42.0 Å². The van der Waals surface area contributed by atoms with E-state index >= 15 is 0 Å². The van der Waals surface area contributed by atoms with Crippen LogP contribution in [0.5, 0.6) is 0 Å². The predicted molar refractivity (Wildman–Crippen MR) is 118 cm³/mol. The van der Waals surface area contributed by atoms with Crippen molar-refractivity contribution in [3.05, 3.63) is 92.9 Å². The summed E-state index contributed by atoms with van der Waals surface area (Å²) in [5.74, 6) is -0.224. The molecule has 0 saturated carbocycles. The number of thiazole rings is 1. The summed E-state index contributed by atoms with van der Waals surface area (Å²) in [6.07, 6.45) is 0. The maximum absolute atomic E-state index is 13.3. The van der Waals surface area contributed by atoms with Gasteiger partial charge in [-0.1, -0.05) is 76.5 Å². The number of rotatable bonds is 4. The molecule has 1 amide bonds. The topological polar surface area (TPSA) is 33.2 Å². The van der Waals surface area contributed by atoms with Crippen LogP contribution in [0.25, 0.3) is 10.2 Å². The molecule has 0 aliphatic carbocycles. The van der Waals surface area contributed by atoms with Crippen LogP contribution in [-0.4, -0.2) is 10.9 Å². The summed E-state index contributed by atoms with van der Waals surface area (Å²) in [4.78, 5) is 19.6. The molecule has 140 valence electrons. The fraction of sp³-hybridized carbons (Fsp3) is 0.0476. The van der Waals surface area contributed by atoms with Crippen LogP contribution in [0.1, 0.15) is 15.9 Å². The highest BCUT2D eigenvalue weighted by molar-refractivity contribution is 7.22. The highest BCUT2D eigenvalue weighted by Crippen LogP contribution is 2.33. The number of hydrogen-bond acceptors (Lipinski definition) is 3. The molecule has 3 nitrogen and oxygen atoms in total. The number of carbonyl (C=O) groups is 1. The molecule has 0 atom stereocenters. The average molecular weight is 448 g/mol. The Hall–Kier alpha value is -2.11. The third-order valence-electron chi connectivity index (χ3n) is 4.11. The third kappa shape index (κ3) is 4.15. The summed E-state index contributed by atoms with van der Waals surface area (Å²) in [7, 11) is 0. The highest BCUT2D eigenvalue weighted by Gasteiger charge is 2.22. The van der Waals surface area contributed by atoms with Gasteiger partial charge in [0.1, 0.15) is 0 Å². The molecule has 0 unspecified atom stereocenters. The molecule has 0 saturated heterocycles. The van der Waals surface area contributed by atoms with Crippen molar-refractivity contribution in [3.8, 4) is 0 Å². The summed E-state index contributed by atoms with van der Waals surface area (Å²) in [5.41, 5.74) is 2.19. The molecule has 0 bridgehead atoms. The molecule has 0 N–H and O–H groups in total. The lowest BCUT2D eigenvalue weighted by Crippen LogP contribution is -2.30. The monoisotopic (exact) mass is 446 g/mol. The number of fused-ring (bicyclic) bond motifs is 1. The summed E-state index contributed by atoms with van der Waals surface area (Å²) in [6, 6.07) is 20.0. The van der Waals surface area contributed by atoms with Crippen LogP contribution in [0.2, 0.25) is 15.1 Å². The first kappa shape index (κ1) is 19.2. The van der Waals surface area contributed by atoms with E-state index < -0.39 is 0 Å². The van der Waals surface area contributed by atoms with Crippen LogP contribution in [0.4, 0.5) is 5.13 Å². The van der Waals surface area contributed by atoms with Gasteiger partial charge >= 0.3 is 0 Å². The lowest BCUT2D eigenvalue weighted by Gasteiger charge is -2.20. The quantitative estimate of drug-likeness (QED) is 0.334. The fourth-order valence-electron chi connectivity index (χ4n) is 2.83. The van der Waals surface area contributed by atoms with Gasteiger partial charge in [-0.2, -0.15) is 0 Å². The summed E-state index contributed by atoms with van der Waals surface area (Å²) in [5, 5.41) is 2.03. The molecular formula is C21H13Cl3N2OS. The molecule has 0 aliphatic rings. The van der Waals surface area contributed by atoms with Crippen molar-refractivity contribution >= 4 is 67.4 Å². The Labute approximate surface area is 181 Å². The number of nitrogens with zero attached hydrogens (tertiary/aromatic N) is 2. The third-order valence-corrected chi connectivity index (χ3v) is 5.82. The Bertz CT molecular complexity index is 1140. The average Bonchev–Trinajstić information content (AvgIpc) is 3.08. The van der Waals surface area contributed by atoms with E-state index in [0.717, 1.165) is 15.8 Å². The second-order valence-corrected chi connectivity index (χ2v) is 8.46. The second kappa shape index (κ2) is 8.10. The minimum atomic E-state index is -0.224. The van der Waals surface area contributed by atoms with Crippen molar-refractivity contribution in [3.63, 3.8) is 0 Å². The Morgan fingerprint density at radius 2 is 1.61 bits per heavy atom. The fourth-order valence-corrected chi connectivity index (χ4v) is 4.59. The van der Waals surface area contributed by atoms with E-state index in [4.69, 9.17) is 34.8 Å². The molecule has 28 heavy (non-hydrogen) atoms. The van der Waals surface area contributed by atoms with Crippen molar-refractivity contribution in [1.82, 2.24) is 4.98 Å². The molecule has 4 aromatic rings. The van der Waals surface area contributed by atoms with E-state index in [1.807, 2.05) is 42.5 Å². The zero-order valence-corrected chi connectivity index (χ0v) is 17.5. The van der Waals surface area contributed by atoms with Crippen LogP contribution in [0, 0.1) is 0 Å². The first-order valence-corrected chi connectivity index (χ1v) is 10.3. The lowest BCUT2D eigenvalue weighted by molar-refractivity contribution is 0.0985. The molecule has 0 spiro atoms. The van der Waals surface area contributed by atoms with Gasteiger partial charge in [-0.3, -0.25) is 9.69 Å². The van der Waals surface area contributed by atoms with Crippen LogP contribution in [-0.2, 0) is 6.54 Å². The number of amides is 1. The van der Waals surface area contributed by atoms with E-state index in [2.05, 4.69) is 4.98 Å². The summed E-state index contributed by atoms with van der Waals surface area (Å²) < 4.78 is 0.914. The number of anilines is 1. The van der Waals surface area contributed by atoms with Gasteiger partial charge < -0.3 is 0 Å². The van der Waals surface area contributed by atoms with E-state index in [1.54, 1.807) is 29.2 Å². The standard InChI is InChI=1S/C21H13Cl3N2OS/c22-15-6-7-18-19(11-15)28-21(25-18)26(12-13-4-2-1-3-5-13)20(27)14-8-16(23)10-17(24)9-14/h1-11H,12H2. The Balaban J connectivity index is 1.79. The van der Waals surface area contributed by atoms with E-state index in [-0.39, 0.29) is 5.91 Å². The molecule has 1 aromatic heterocycles. The van der Waals surface area contributed by atoms with Crippen molar-refractivity contribution in [2.75, 3.05) is 4.90 Å². The van der Waals surface area contributed by atoms with Gasteiger partial charge in [-0.15, -0.1) is 0 Å². The first-order valence-electron chi connectivity index (χ1n) is 8.37.